The van der Waals surface area contributed by atoms with Gasteiger partial charge in [0.05, 0.1) is 5.56 Å². The number of anilines is 1. The van der Waals surface area contributed by atoms with Crippen LogP contribution < -0.4 is 10.6 Å². The third kappa shape index (κ3) is 2.32. The number of nitriles is 1. The lowest BCUT2D eigenvalue weighted by molar-refractivity contribution is 0.472. The molecule has 1 aliphatic carbocycles. The Balaban J connectivity index is 2.30. The zero-order valence-corrected chi connectivity index (χ0v) is 11.1. The van der Waals surface area contributed by atoms with E-state index in [1.165, 1.54) is 12.8 Å². The van der Waals surface area contributed by atoms with Crippen LogP contribution in [0, 0.1) is 24.2 Å². The summed E-state index contributed by atoms with van der Waals surface area (Å²) >= 11 is 0. The van der Waals surface area contributed by atoms with Gasteiger partial charge >= 0.3 is 0 Å². The van der Waals surface area contributed by atoms with Gasteiger partial charge in [0, 0.05) is 18.8 Å². The van der Waals surface area contributed by atoms with E-state index in [2.05, 4.69) is 16.0 Å². The van der Waals surface area contributed by atoms with Crippen molar-refractivity contribution in [2.75, 3.05) is 18.5 Å². The molecule has 1 heterocycles. The minimum absolute atomic E-state index is 0.413. The zero-order valence-electron chi connectivity index (χ0n) is 11.1. The fraction of sp³-hybridized carbons (Fsp3) is 0.571. The van der Waals surface area contributed by atoms with Crippen LogP contribution in [0.5, 0.6) is 0 Å². The molecule has 1 aromatic rings. The van der Waals surface area contributed by atoms with Crippen LogP contribution in [0.15, 0.2) is 12.1 Å². The number of nitrogens with zero attached hydrogens (tertiary/aromatic N) is 3. The maximum atomic E-state index is 9.18. The number of aryl methyl sites for hydroxylation is 1. The van der Waals surface area contributed by atoms with Crippen molar-refractivity contribution in [1.82, 2.24) is 4.98 Å². The first-order valence-corrected chi connectivity index (χ1v) is 6.48. The van der Waals surface area contributed by atoms with Crippen molar-refractivity contribution in [2.45, 2.75) is 32.2 Å². The van der Waals surface area contributed by atoms with Crippen molar-refractivity contribution in [3.63, 3.8) is 0 Å². The number of pyridine rings is 1. The SMILES string of the molecule is Cc1ccc(C#N)c(N(C)C2CCCC2CN)n1. The molecule has 1 saturated carbocycles. The minimum atomic E-state index is 0.413. The highest BCUT2D eigenvalue weighted by Crippen LogP contribution is 2.32. The van der Waals surface area contributed by atoms with Crippen LogP contribution in [0.25, 0.3) is 0 Å². The molecule has 18 heavy (non-hydrogen) atoms. The Bertz CT molecular complexity index is 463. The number of nitrogens with two attached hydrogens (primary N) is 1. The predicted octanol–water partition coefficient (Wildman–Crippen LogP) is 1.83. The summed E-state index contributed by atoms with van der Waals surface area (Å²) in [5, 5.41) is 9.18. The van der Waals surface area contributed by atoms with Gasteiger partial charge in [-0.3, -0.25) is 0 Å². The fourth-order valence-corrected chi connectivity index (χ4v) is 2.86. The molecule has 2 unspecified atom stereocenters. The van der Waals surface area contributed by atoms with Gasteiger partial charge in [0.15, 0.2) is 0 Å². The van der Waals surface area contributed by atoms with E-state index >= 15 is 0 Å². The molecule has 96 valence electrons. The first-order chi connectivity index (χ1) is 8.67. The maximum absolute atomic E-state index is 9.18. The summed E-state index contributed by atoms with van der Waals surface area (Å²) in [6, 6.07) is 6.37. The Morgan fingerprint density at radius 3 is 2.94 bits per heavy atom. The van der Waals surface area contributed by atoms with Gasteiger partial charge in [-0.25, -0.2) is 4.98 Å². The minimum Gasteiger partial charge on any atom is -0.355 e. The molecule has 0 aromatic carbocycles. The molecule has 0 spiro atoms. The van der Waals surface area contributed by atoms with Gasteiger partial charge in [0.1, 0.15) is 11.9 Å². The highest BCUT2D eigenvalue weighted by atomic mass is 15.2. The quantitative estimate of drug-likeness (QED) is 0.881. The summed E-state index contributed by atoms with van der Waals surface area (Å²) in [6.45, 7) is 2.66. The Morgan fingerprint density at radius 2 is 2.28 bits per heavy atom. The van der Waals surface area contributed by atoms with E-state index in [1.54, 1.807) is 0 Å². The number of hydrogen-bond acceptors (Lipinski definition) is 4. The van der Waals surface area contributed by atoms with Crippen molar-refractivity contribution in [3.8, 4) is 6.07 Å². The standard InChI is InChI=1S/C14H20N4/c1-10-6-7-12(9-16)14(17-10)18(2)13-5-3-4-11(13)8-15/h6-7,11,13H,3-5,8,15H2,1-2H3. The van der Waals surface area contributed by atoms with E-state index in [4.69, 9.17) is 5.73 Å². The van der Waals surface area contributed by atoms with Gasteiger partial charge in [-0.15, -0.1) is 0 Å². The van der Waals surface area contributed by atoms with Crippen molar-refractivity contribution in [3.05, 3.63) is 23.4 Å². The summed E-state index contributed by atoms with van der Waals surface area (Å²) in [7, 11) is 2.03. The summed E-state index contributed by atoms with van der Waals surface area (Å²) in [5.74, 6) is 1.31. The first-order valence-electron chi connectivity index (χ1n) is 6.48. The maximum Gasteiger partial charge on any atom is 0.146 e. The molecular weight excluding hydrogens is 224 g/mol. The summed E-state index contributed by atoms with van der Waals surface area (Å²) in [5.41, 5.74) is 7.42. The van der Waals surface area contributed by atoms with Crippen LogP contribution in [0.3, 0.4) is 0 Å². The number of aromatic nitrogens is 1. The van der Waals surface area contributed by atoms with Crippen molar-refractivity contribution in [2.24, 2.45) is 11.7 Å². The Hall–Kier alpha value is -1.60. The summed E-state index contributed by atoms with van der Waals surface area (Å²) < 4.78 is 0. The van der Waals surface area contributed by atoms with Crippen LogP contribution in [-0.2, 0) is 0 Å². The Labute approximate surface area is 108 Å². The second-order valence-electron chi connectivity index (χ2n) is 5.04. The zero-order chi connectivity index (χ0) is 13.1. The molecule has 2 N–H and O–H groups in total. The predicted molar refractivity (Wildman–Crippen MR) is 72.3 cm³/mol. The molecule has 0 amide bonds. The Kier molecular flexibility index (Phi) is 3.83. The average Bonchev–Trinajstić information content (AvgIpc) is 2.86. The number of rotatable bonds is 3. The highest BCUT2D eigenvalue weighted by molar-refractivity contribution is 5.54. The third-order valence-electron chi connectivity index (χ3n) is 3.89. The van der Waals surface area contributed by atoms with E-state index in [-0.39, 0.29) is 0 Å². The van der Waals surface area contributed by atoms with Crippen LogP contribution in [-0.4, -0.2) is 24.6 Å². The lowest BCUT2D eigenvalue weighted by Gasteiger charge is -2.30. The number of hydrogen-bond donors (Lipinski definition) is 1. The molecule has 2 atom stereocenters. The van der Waals surface area contributed by atoms with Crippen LogP contribution >= 0.6 is 0 Å². The summed E-state index contributed by atoms with van der Waals surface area (Å²) in [4.78, 5) is 6.67. The molecule has 0 aliphatic heterocycles. The normalized spacial score (nSPS) is 22.8. The lowest BCUT2D eigenvalue weighted by Crippen LogP contribution is -2.38. The molecule has 2 rings (SSSR count). The van der Waals surface area contributed by atoms with Crippen LogP contribution in [0.2, 0.25) is 0 Å². The lowest BCUT2D eigenvalue weighted by atomic mass is 10.0. The molecule has 0 bridgehead atoms. The van der Waals surface area contributed by atoms with Crippen LogP contribution in [0.4, 0.5) is 5.82 Å². The first kappa shape index (κ1) is 12.8. The Morgan fingerprint density at radius 1 is 1.50 bits per heavy atom. The van der Waals surface area contributed by atoms with E-state index in [0.29, 0.717) is 24.1 Å². The molecule has 1 aliphatic rings. The summed E-state index contributed by atoms with van der Waals surface area (Å²) in [6.07, 6.45) is 3.53. The second kappa shape index (κ2) is 5.36. The van der Waals surface area contributed by atoms with Crippen molar-refractivity contribution in [1.29, 1.82) is 5.26 Å². The van der Waals surface area contributed by atoms with Gasteiger partial charge in [0.25, 0.3) is 0 Å². The van der Waals surface area contributed by atoms with E-state index in [9.17, 15) is 5.26 Å². The van der Waals surface area contributed by atoms with Gasteiger partial charge in [-0.2, -0.15) is 5.26 Å². The monoisotopic (exact) mass is 244 g/mol. The van der Waals surface area contributed by atoms with Crippen molar-refractivity contribution < 1.29 is 0 Å². The molecule has 0 saturated heterocycles. The highest BCUT2D eigenvalue weighted by Gasteiger charge is 2.30. The van der Waals surface area contributed by atoms with Crippen LogP contribution in [0.1, 0.15) is 30.5 Å². The van der Waals surface area contributed by atoms with Gasteiger partial charge < -0.3 is 10.6 Å². The third-order valence-corrected chi connectivity index (χ3v) is 3.89. The smallest absolute Gasteiger partial charge is 0.146 e. The molecular formula is C14H20N4. The molecule has 1 fully saturated rings. The topological polar surface area (TPSA) is 65.9 Å². The average molecular weight is 244 g/mol. The largest absolute Gasteiger partial charge is 0.355 e. The van der Waals surface area contributed by atoms with Crippen molar-refractivity contribution >= 4 is 5.82 Å². The van der Waals surface area contributed by atoms with E-state index in [1.807, 2.05) is 26.1 Å². The van der Waals surface area contributed by atoms with Gasteiger partial charge in [-0.1, -0.05) is 6.42 Å². The molecule has 4 nitrogen and oxygen atoms in total. The van der Waals surface area contributed by atoms with Gasteiger partial charge in [-0.05, 0) is 44.4 Å². The molecule has 0 radical (unpaired) electrons. The fourth-order valence-electron chi connectivity index (χ4n) is 2.86. The molecule has 1 aromatic heterocycles. The van der Waals surface area contributed by atoms with E-state index < -0.39 is 0 Å². The second-order valence-corrected chi connectivity index (χ2v) is 5.04. The van der Waals surface area contributed by atoms with E-state index in [0.717, 1.165) is 17.9 Å². The molecule has 4 heteroatoms. The van der Waals surface area contributed by atoms with Gasteiger partial charge in [0.2, 0.25) is 0 Å².